The molecular weight excluding hydrogens is 365 g/mol. The van der Waals surface area contributed by atoms with Crippen molar-refractivity contribution in [3.8, 4) is 11.3 Å². The van der Waals surface area contributed by atoms with Crippen LogP contribution in [0.1, 0.15) is 20.9 Å². The van der Waals surface area contributed by atoms with Crippen LogP contribution in [0.2, 0.25) is 10.0 Å². The number of rotatable bonds is 4. The maximum atomic E-state index is 12.2. The first-order chi connectivity index (χ1) is 11.9. The van der Waals surface area contributed by atoms with Gasteiger partial charge in [-0.3, -0.25) is 4.79 Å². The second-order valence-electron chi connectivity index (χ2n) is 5.12. The lowest BCUT2D eigenvalue weighted by molar-refractivity contribution is 0.0696. The second-order valence-corrected chi connectivity index (χ2v) is 5.97. The van der Waals surface area contributed by atoms with E-state index in [1.807, 2.05) is 0 Å². The Bertz CT molecular complexity index is 948. The minimum absolute atomic E-state index is 0.0911. The summed E-state index contributed by atoms with van der Waals surface area (Å²) in [5, 5.41) is 12.5. The molecule has 1 aromatic heterocycles. The number of nitrogens with one attached hydrogen (secondary N) is 1. The monoisotopic (exact) mass is 375 g/mol. The van der Waals surface area contributed by atoms with Crippen LogP contribution in [0, 0.1) is 0 Å². The highest BCUT2D eigenvalue weighted by atomic mass is 35.5. The fraction of sp³-hybridized carbons (Fsp3) is 0. The summed E-state index contributed by atoms with van der Waals surface area (Å²) < 4.78 is 5.55. The third-order valence-electron chi connectivity index (χ3n) is 3.41. The topological polar surface area (TPSA) is 79.5 Å². The van der Waals surface area contributed by atoms with Gasteiger partial charge in [-0.15, -0.1) is 0 Å². The molecule has 126 valence electrons. The van der Waals surface area contributed by atoms with Crippen LogP contribution in [0.4, 0.5) is 5.69 Å². The molecule has 2 N–H and O–H groups in total. The quantitative estimate of drug-likeness (QED) is 0.656. The maximum Gasteiger partial charge on any atom is 0.335 e. The zero-order chi connectivity index (χ0) is 18.0. The molecule has 1 amide bonds. The average molecular weight is 376 g/mol. The molecule has 3 rings (SSSR count). The van der Waals surface area contributed by atoms with Crippen molar-refractivity contribution in [2.75, 3.05) is 5.32 Å². The van der Waals surface area contributed by atoms with E-state index in [9.17, 15) is 9.59 Å². The minimum Gasteiger partial charge on any atom is -0.478 e. The number of hydrogen-bond acceptors (Lipinski definition) is 3. The molecule has 0 radical (unpaired) electrons. The third kappa shape index (κ3) is 3.84. The van der Waals surface area contributed by atoms with Gasteiger partial charge in [0.05, 0.1) is 10.6 Å². The Balaban J connectivity index is 1.78. The van der Waals surface area contributed by atoms with Crippen molar-refractivity contribution < 1.29 is 19.1 Å². The molecule has 0 bridgehead atoms. The Morgan fingerprint density at radius 1 is 0.960 bits per heavy atom. The standard InChI is InChI=1S/C18H11Cl2NO4/c19-11-3-6-14(20)13(9-11)15-7-8-16(25-15)17(22)21-12-4-1-10(2-5-12)18(23)24/h1-9H,(H,21,22)(H,23,24). The lowest BCUT2D eigenvalue weighted by Crippen LogP contribution is -2.11. The van der Waals surface area contributed by atoms with Crippen LogP contribution in [-0.2, 0) is 0 Å². The molecule has 25 heavy (non-hydrogen) atoms. The van der Waals surface area contributed by atoms with E-state index in [0.29, 0.717) is 27.1 Å². The van der Waals surface area contributed by atoms with Crippen LogP contribution in [-0.4, -0.2) is 17.0 Å². The van der Waals surface area contributed by atoms with Gasteiger partial charge in [-0.2, -0.15) is 0 Å². The molecule has 0 aliphatic rings. The minimum atomic E-state index is -1.04. The molecule has 7 heteroatoms. The van der Waals surface area contributed by atoms with Gasteiger partial charge in [0, 0.05) is 16.3 Å². The molecule has 2 aromatic carbocycles. The van der Waals surface area contributed by atoms with E-state index in [-0.39, 0.29) is 11.3 Å². The summed E-state index contributed by atoms with van der Waals surface area (Å²) in [5.41, 5.74) is 1.17. The number of anilines is 1. The van der Waals surface area contributed by atoms with Crippen LogP contribution >= 0.6 is 23.2 Å². The maximum absolute atomic E-state index is 12.2. The molecule has 3 aromatic rings. The highest BCUT2D eigenvalue weighted by Gasteiger charge is 2.15. The number of halogens is 2. The Morgan fingerprint density at radius 3 is 2.36 bits per heavy atom. The third-order valence-corrected chi connectivity index (χ3v) is 3.98. The molecular formula is C18H11Cl2NO4. The lowest BCUT2D eigenvalue weighted by Gasteiger charge is -2.04. The van der Waals surface area contributed by atoms with E-state index in [1.54, 1.807) is 24.3 Å². The van der Waals surface area contributed by atoms with E-state index in [4.69, 9.17) is 32.7 Å². The SMILES string of the molecule is O=C(O)c1ccc(NC(=O)c2ccc(-c3cc(Cl)ccc3Cl)o2)cc1. The van der Waals surface area contributed by atoms with Gasteiger partial charge in [-0.05, 0) is 54.6 Å². The van der Waals surface area contributed by atoms with E-state index >= 15 is 0 Å². The van der Waals surface area contributed by atoms with Crippen molar-refractivity contribution in [3.63, 3.8) is 0 Å². The Labute approximate surface area is 152 Å². The zero-order valence-electron chi connectivity index (χ0n) is 12.6. The molecule has 0 unspecified atom stereocenters. The van der Waals surface area contributed by atoms with Crippen LogP contribution in [0.25, 0.3) is 11.3 Å². The van der Waals surface area contributed by atoms with Crippen molar-refractivity contribution in [3.05, 3.63) is 76.0 Å². The number of amides is 1. The molecule has 0 aliphatic carbocycles. The second kappa shape index (κ2) is 7.01. The summed E-state index contributed by atoms with van der Waals surface area (Å²) in [4.78, 5) is 23.1. The van der Waals surface area contributed by atoms with Crippen LogP contribution in [0.3, 0.4) is 0 Å². The smallest absolute Gasteiger partial charge is 0.335 e. The molecule has 0 atom stereocenters. The van der Waals surface area contributed by atoms with Crippen LogP contribution in [0.15, 0.2) is 59.0 Å². The van der Waals surface area contributed by atoms with Crippen molar-refractivity contribution in [2.24, 2.45) is 0 Å². The highest BCUT2D eigenvalue weighted by Crippen LogP contribution is 2.32. The number of carboxylic acid groups (broad SMARTS) is 1. The van der Waals surface area contributed by atoms with Gasteiger partial charge in [0.25, 0.3) is 5.91 Å². The Hall–Kier alpha value is -2.76. The number of benzene rings is 2. The molecule has 0 saturated carbocycles. The molecule has 1 heterocycles. The fourth-order valence-electron chi connectivity index (χ4n) is 2.18. The molecule has 0 saturated heterocycles. The van der Waals surface area contributed by atoms with Gasteiger partial charge in [0.2, 0.25) is 0 Å². The summed E-state index contributed by atoms with van der Waals surface area (Å²) in [6.07, 6.45) is 0. The summed E-state index contributed by atoms with van der Waals surface area (Å²) in [6.45, 7) is 0. The summed E-state index contributed by atoms with van der Waals surface area (Å²) in [7, 11) is 0. The first-order valence-electron chi connectivity index (χ1n) is 7.14. The summed E-state index contributed by atoms with van der Waals surface area (Å²) >= 11 is 12.1. The van der Waals surface area contributed by atoms with Gasteiger partial charge >= 0.3 is 5.97 Å². The summed E-state index contributed by atoms with van der Waals surface area (Å²) in [5.74, 6) is -0.994. The van der Waals surface area contributed by atoms with Gasteiger partial charge in [0.1, 0.15) is 5.76 Å². The first-order valence-corrected chi connectivity index (χ1v) is 7.89. The van der Waals surface area contributed by atoms with Crippen molar-refractivity contribution >= 4 is 40.8 Å². The van der Waals surface area contributed by atoms with Crippen molar-refractivity contribution in [2.45, 2.75) is 0 Å². The van der Waals surface area contributed by atoms with Crippen LogP contribution in [0.5, 0.6) is 0 Å². The predicted molar refractivity (Wildman–Crippen MR) is 95.5 cm³/mol. The normalized spacial score (nSPS) is 10.5. The average Bonchev–Trinajstić information content (AvgIpc) is 3.07. The van der Waals surface area contributed by atoms with E-state index in [1.165, 1.54) is 30.3 Å². The van der Waals surface area contributed by atoms with Gasteiger partial charge < -0.3 is 14.8 Å². The Kier molecular flexibility index (Phi) is 4.79. The van der Waals surface area contributed by atoms with Gasteiger partial charge in [-0.1, -0.05) is 23.2 Å². The van der Waals surface area contributed by atoms with E-state index in [0.717, 1.165) is 0 Å². The summed E-state index contributed by atoms with van der Waals surface area (Å²) in [6, 6.07) is 13.9. The van der Waals surface area contributed by atoms with Gasteiger partial charge in [0.15, 0.2) is 5.76 Å². The molecule has 0 fully saturated rings. The molecule has 0 aliphatic heterocycles. The Morgan fingerprint density at radius 2 is 1.68 bits per heavy atom. The largest absolute Gasteiger partial charge is 0.478 e. The fourth-order valence-corrected chi connectivity index (χ4v) is 2.56. The number of carboxylic acids is 1. The van der Waals surface area contributed by atoms with Crippen molar-refractivity contribution in [1.29, 1.82) is 0 Å². The van der Waals surface area contributed by atoms with E-state index in [2.05, 4.69) is 5.32 Å². The number of hydrogen-bond donors (Lipinski definition) is 2. The molecule has 0 spiro atoms. The lowest BCUT2D eigenvalue weighted by atomic mass is 10.2. The number of aromatic carboxylic acids is 1. The number of carbonyl (C=O) groups excluding carboxylic acids is 1. The van der Waals surface area contributed by atoms with Crippen LogP contribution < -0.4 is 5.32 Å². The number of carbonyl (C=O) groups is 2. The first kappa shape index (κ1) is 17.1. The molecule has 5 nitrogen and oxygen atoms in total. The predicted octanol–water partition coefficient (Wildman–Crippen LogP) is 5.20. The van der Waals surface area contributed by atoms with Gasteiger partial charge in [-0.25, -0.2) is 4.79 Å². The van der Waals surface area contributed by atoms with Crippen molar-refractivity contribution in [1.82, 2.24) is 0 Å². The van der Waals surface area contributed by atoms with E-state index < -0.39 is 11.9 Å². The zero-order valence-corrected chi connectivity index (χ0v) is 14.1. The number of furan rings is 1. The highest BCUT2D eigenvalue weighted by molar-refractivity contribution is 6.35.